The molecule has 3 nitrogen and oxygen atoms in total. The highest BCUT2D eigenvalue weighted by molar-refractivity contribution is 5.92. The fraction of sp³-hybridized carbons (Fsp3) is 0.316. The Kier molecular flexibility index (Phi) is 3.65. The van der Waals surface area contributed by atoms with Gasteiger partial charge in [0.25, 0.3) is 0 Å². The normalized spacial score (nSPS) is 16.2. The van der Waals surface area contributed by atoms with Crippen LogP contribution in [0.2, 0.25) is 0 Å². The maximum atomic E-state index is 4.51. The first kappa shape index (κ1) is 13.5. The Balaban J connectivity index is 1.63. The maximum absolute atomic E-state index is 4.51. The first-order chi connectivity index (χ1) is 10.9. The molecule has 3 heteroatoms. The second-order valence-corrected chi connectivity index (χ2v) is 6.15. The van der Waals surface area contributed by atoms with E-state index in [1.807, 2.05) is 6.07 Å². The van der Waals surface area contributed by atoms with Crippen molar-refractivity contribution in [3.8, 4) is 11.3 Å². The van der Waals surface area contributed by atoms with E-state index in [0.717, 1.165) is 17.8 Å². The number of rotatable bonds is 3. The molecule has 1 saturated heterocycles. The molecule has 0 aliphatic carbocycles. The van der Waals surface area contributed by atoms with Crippen molar-refractivity contribution < 1.29 is 0 Å². The van der Waals surface area contributed by atoms with Gasteiger partial charge in [-0.25, -0.2) is 0 Å². The smallest absolute Gasteiger partial charge is 0.0999 e. The van der Waals surface area contributed by atoms with E-state index in [-0.39, 0.29) is 0 Å². The summed E-state index contributed by atoms with van der Waals surface area (Å²) in [6.45, 7) is 3.52. The number of H-pyrrole nitrogens is 1. The quantitative estimate of drug-likeness (QED) is 0.783. The average Bonchev–Trinajstić information content (AvgIpc) is 3.00. The van der Waals surface area contributed by atoms with Gasteiger partial charge in [-0.15, -0.1) is 0 Å². The van der Waals surface area contributed by atoms with E-state index in [9.17, 15) is 0 Å². The van der Waals surface area contributed by atoms with Gasteiger partial charge in [0.2, 0.25) is 0 Å². The lowest BCUT2D eigenvalue weighted by molar-refractivity contribution is 0.221. The van der Waals surface area contributed by atoms with Crippen molar-refractivity contribution in [2.75, 3.05) is 13.1 Å². The number of hydrogen-bond donors (Lipinski definition) is 1. The number of aromatic amines is 1. The predicted molar refractivity (Wildman–Crippen MR) is 90.7 cm³/mol. The first-order valence-corrected chi connectivity index (χ1v) is 8.15. The summed E-state index contributed by atoms with van der Waals surface area (Å²) in [7, 11) is 0. The lowest BCUT2D eigenvalue weighted by Gasteiger charge is -2.26. The molecule has 22 heavy (non-hydrogen) atoms. The van der Waals surface area contributed by atoms with Gasteiger partial charge in [0.1, 0.15) is 0 Å². The summed E-state index contributed by atoms with van der Waals surface area (Å²) >= 11 is 0. The van der Waals surface area contributed by atoms with E-state index in [0.29, 0.717) is 0 Å². The molecule has 1 N–H and O–H groups in total. The second-order valence-electron chi connectivity index (χ2n) is 6.15. The molecule has 1 fully saturated rings. The Hall–Kier alpha value is -2.13. The SMILES string of the molecule is c1cc(CN2CCCCC2)cc(-c2n[nH]c3ccccc23)c1. The number of piperidine rings is 1. The minimum atomic E-state index is 1.05. The fourth-order valence-electron chi connectivity index (χ4n) is 3.38. The van der Waals surface area contributed by atoms with E-state index in [1.54, 1.807) is 0 Å². The molecule has 1 aromatic heterocycles. The lowest BCUT2D eigenvalue weighted by Crippen LogP contribution is -2.29. The molecule has 0 amide bonds. The highest BCUT2D eigenvalue weighted by Crippen LogP contribution is 2.27. The number of para-hydroxylation sites is 1. The third kappa shape index (κ3) is 2.64. The molecular formula is C19H21N3. The molecule has 1 aliphatic rings. The zero-order valence-corrected chi connectivity index (χ0v) is 12.8. The van der Waals surface area contributed by atoms with Gasteiger partial charge < -0.3 is 0 Å². The Morgan fingerprint density at radius 1 is 0.955 bits per heavy atom. The number of hydrogen-bond acceptors (Lipinski definition) is 2. The molecule has 112 valence electrons. The minimum Gasteiger partial charge on any atom is -0.299 e. The molecule has 0 unspecified atom stereocenters. The molecule has 0 bridgehead atoms. The van der Waals surface area contributed by atoms with E-state index in [1.165, 1.54) is 48.9 Å². The summed E-state index contributed by atoms with van der Waals surface area (Å²) in [4.78, 5) is 2.56. The Labute approximate surface area is 131 Å². The van der Waals surface area contributed by atoms with Gasteiger partial charge >= 0.3 is 0 Å². The largest absolute Gasteiger partial charge is 0.299 e. The zero-order chi connectivity index (χ0) is 14.8. The molecule has 0 spiro atoms. The minimum absolute atomic E-state index is 1.05. The molecule has 2 aromatic carbocycles. The average molecular weight is 291 g/mol. The number of nitrogens with one attached hydrogen (secondary N) is 1. The molecular weight excluding hydrogens is 270 g/mol. The van der Waals surface area contributed by atoms with Crippen LogP contribution >= 0.6 is 0 Å². The van der Waals surface area contributed by atoms with Gasteiger partial charge in [0.15, 0.2) is 0 Å². The first-order valence-electron chi connectivity index (χ1n) is 8.15. The van der Waals surface area contributed by atoms with Gasteiger partial charge in [-0.1, -0.05) is 42.8 Å². The second kappa shape index (κ2) is 5.93. The van der Waals surface area contributed by atoms with Crippen molar-refractivity contribution in [2.24, 2.45) is 0 Å². The van der Waals surface area contributed by atoms with Gasteiger partial charge in [-0.05, 0) is 43.6 Å². The molecule has 3 aromatic rings. The molecule has 0 saturated carbocycles. The van der Waals surface area contributed by atoms with Crippen molar-refractivity contribution >= 4 is 10.9 Å². The lowest BCUT2D eigenvalue weighted by atomic mass is 10.0. The Morgan fingerprint density at radius 2 is 1.82 bits per heavy atom. The van der Waals surface area contributed by atoms with Crippen LogP contribution in [0.1, 0.15) is 24.8 Å². The summed E-state index contributed by atoms with van der Waals surface area (Å²) in [5, 5.41) is 8.83. The van der Waals surface area contributed by atoms with Crippen LogP contribution in [0.15, 0.2) is 48.5 Å². The molecule has 1 aliphatic heterocycles. The summed E-state index contributed by atoms with van der Waals surface area (Å²) in [6.07, 6.45) is 4.06. The van der Waals surface area contributed by atoms with Crippen LogP contribution in [0.4, 0.5) is 0 Å². The molecule has 0 atom stereocenters. The van der Waals surface area contributed by atoms with E-state index in [2.05, 4.69) is 57.6 Å². The predicted octanol–water partition coefficient (Wildman–Crippen LogP) is 4.22. The molecule has 0 radical (unpaired) electrons. The van der Waals surface area contributed by atoms with Crippen molar-refractivity contribution in [1.82, 2.24) is 15.1 Å². The summed E-state index contributed by atoms with van der Waals surface area (Å²) in [5.74, 6) is 0. The van der Waals surface area contributed by atoms with Crippen LogP contribution < -0.4 is 0 Å². The zero-order valence-electron chi connectivity index (χ0n) is 12.8. The number of fused-ring (bicyclic) bond motifs is 1. The molecule has 2 heterocycles. The van der Waals surface area contributed by atoms with Crippen LogP contribution in [0.5, 0.6) is 0 Å². The third-order valence-electron chi connectivity index (χ3n) is 4.53. The summed E-state index contributed by atoms with van der Waals surface area (Å²) in [6, 6.07) is 17.1. The van der Waals surface area contributed by atoms with Crippen LogP contribution in [-0.4, -0.2) is 28.2 Å². The third-order valence-corrected chi connectivity index (χ3v) is 4.53. The van der Waals surface area contributed by atoms with Crippen LogP contribution in [0.25, 0.3) is 22.2 Å². The van der Waals surface area contributed by atoms with Crippen LogP contribution in [0.3, 0.4) is 0 Å². The number of benzene rings is 2. The highest BCUT2D eigenvalue weighted by Gasteiger charge is 2.12. The number of nitrogens with zero attached hydrogens (tertiary/aromatic N) is 2. The van der Waals surface area contributed by atoms with Gasteiger partial charge in [0.05, 0.1) is 11.2 Å². The highest BCUT2D eigenvalue weighted by atomic mass is 15.1. The topological polar surface area (TPSA) is 31.9 Å². The fourth-order valence-corrected chi connectivity index (χ4v) is 3.38. The monoisotopic (exact) mass is 291 g/mol. The summed E-state index contributed by atoms with van der Waals surface area (Å²) in [5.41, 5.74) is 4.73. The molecule has 4 rings (SSSR count). The standard InChI is InChI=1S/C19H21N3/c1-4-11-22(12-5-1)14-15-7-6-8-16(13-15)19-17-9-2-3-10-18(17)20-21-19/h2-3,6-10,13H,1,4-5,11-12,14H2,(H,20,21). The Morgan fingerprint density at radius 3 is 2.73 bits per heavy atom. The maximum Gasteiger partial charge on any atom is 0.0999 e. The van der Waals surface area contributed by atoms with Gasteiger partial charge in [0, 0.05) is 17.5 Å². The van der Waals surface area contributed by atoms with E-state index < -0.39 is 0 Å². The van der Waals surface area contributed by atoms with E-state index >= 15 is 0 Å². The van der Waals surface area contributed by atoms with Crippen molar-refractivity contribution in [1.29, 1.82) is 0 Å². The van der Waals surface area contributed by atoms with Gasteiger partial charge in [-0.3, -0.25) is 10.00 Å². The number of likely N-dealkylation sites (tertiary alicyclic amines) is 1. The van der Waals surface area contributed by atoms with Crippen LogP contribution in [-0.2, 0) is 6.54 Å². The van der Waals surface area contributed by atoms with Crippen LogP contribution in [0, 0.1) is 0 Å². The van der Waals surface area contributed by atoms with Gasteiger partial charge in [-0.2, -0.15) is 5.10 Å². The van der Waals surface area contributed by atoms with Crippen molar-refractivity contribution in [3.63, 3.8) is 0 Å². The summed E-state index contributed by atoms with van der Waals surface area (Å²) < 4.78 is 0. The number of aromatic nitrogens is 2. The van der Waals surface area contributed by atoms with E-state index in [4.69, 9.17) is 0 Å². The van der Waals surface area contributed by atoms with Crippen molar-refractivity contribution in [3.05, 3.63) is 54.1 Å². The van der Waals surface area contributed by atoms with Crippen molar-refractivity contribution in [2.45, 2.75) is 25.8 Å². The Bertz CT molecular complexity index is 769.